The number of benzene rings is 1. The first-order valence-corrected chi connectivity index (χ1v) is 7.57. The smallest absolute Gasteiger partial charge is 0.319 e. The molecule has 0 aromatic heterocycles. The molecule has 1 fully saturated rings. The highest BCUT2D eigenvalue weighted by molar-refractivity contribution is 5.93. The Morgan fingerprint density at radius 3 is 2.36 bits per heavy atom. The average molecular weight is 305 g/mol. The van der Waals surface area contributed by atoms with Gasteiger partial charge in [-0.05, 0) is 18.1 Å². The van der Waals surface area contributed by atoms with Gasteiger partial charge in [-0.1, -0.05) is 32.0 Å². The molecule has 0 unspecified atom stereocenters. The van der Waals surface area contributed by atoms with Crippen molar-refractivity contribution in [1.82, 2.24) is 10.2 Å². The molecule has 2 rings (SSSR count). The first kappa shape index (κ1) is 16.3. The van der Waals surface area contributed by atoms with E-state index in [9.17, 15) is 9.59 Å². The van der Waals surface area contributed by atoms with Crippen LogP contribution >= 0.6 is 0 Å². The molecule has 3 amide bonds. The largest absolute Gasteiger partial charge is 0.378 e. The molecular weight excluding hydrogens is 282 g/mol. The molecule has 1 atom stereocenters. The van der Waals surface area contributed by atoms with Gasteiger partial charge in [0, 0.05) is 18.8 Å². The number of carbonyl (C=O) groups is 2. The molecule has 1 aromatic carbocycles. The molecule has 0 bridgehead atoms. The first-order valence-electron chi connectivity index (χ1n) is 7.57. The lowest BCUT2D eigenvalue weighted by molar-refractivity contribution is -0.138. The Morgan fingerprint density at radius 2 is 1.77 bits per heavy atom. The van der Waals surface area contributed by atoms with Crippen molar-refractivity contribution in [3.63, 3.8) is 0 Å². The highest BCUT2D eigenvalue weighted by Crippen LogP contribution is 2.10. The molecule has 6 nitrogen and oxygen atoms in total. The Morgan fingerprint density at radius 1 is 1.14 bits per heavy atom. The first-order chi connectivity index (χ1) is 10.6. The summed E-state index contributed by atoms with van der Waals surface area (Å²) in [6, 6.07) is 8.25. The number of amides is 3. The lowest BCUT2D eigenvalue weighted by Crippen LogP contribution is -2.54. The van der Waals surface area contributed by atoms with Crippen molar-refractivity contribution in [3.05, 3.63) is 30.3 Å². The summed E-state index contributed by atoms with van der Waals surface area (Å²) in [5, 5.41) is 5.52. The molecule has 0 spiro atoms. The standard InChI is InChI=1S/C16H23N3O3/c1-12(2)14(15(20)19-8-10-22-11-9-19)18-16(21)17-13-6-4-3-5-7-13/h3-7,12,14H,8-11H2,1-2H3,(H2,17,18,21)/t14-/m1/s1. The minimum atomic E-state index is -0.540. The van der Waals surface area contributed by atoms with E-state index < -0.39 is 6.04 Å². The normalized spacial score (nSPS) is 16.2. The second-order valence-corrected chi connectivity index (χ2v) is 5.62. The lowest BCUT2D eigenvalue weighted by atomic mass is 10.0. The Labute approximate surface area is 130 Å². The number of nitrogens with one attached hydrogen (secondary N) is 2. The van der Waals surface area contributed by atoms with E-state index in [4.69, 9.17) is 4.74 Å². The third-order valence-corrected chi connectivity index (χ3v) is 3.57. The summed E-state index contributed by atoms with van der Waals surface area (Å²) >= 11 is 0. The van der Waals surface area contributed by atoms with E-state index in [1.807, 2.05) is 32.0 Å². The summed E-state index contributed by atoms with van der Waals surface area (Å²) in [6.45, 7) is 6.09. The number of nitrogens with zero attached hydrogens (tertiary/aromatic N) is 1. The zero-order valence-electron chi connectivity index (χ0n) is 13.0. The second-order valence-electron chi connectivity index (χ2n) is 5.62. The number of ether oxygens (including phenoxy) is 1. The number of rotatable bonds is 4. The Hall–Kier alpha value is -2.08. The number of para-hydroxylation sites is 1. The lowest BCUT2D eigenvalue weighted by Gasteiger charge is -2.32. The zero-order valence-corrected chi connectivity index (χ0v) is 13.0. The van der Waals surface area contributed by atoms with Crippen LogP contribution < -0.4 is 10.6 Å². The maximum absolute atomic E-state index is 12.6. The quantitative estimate of drug-likeness (QED) is 0.889. The molecule has 6 heteroatoms. The number of anilines is 1. The monoisotopic (exact) mass is 305 g/mol. The van der Waals surface area contributed by atoms with Crippen LogP contribution in [0.15, 0.2) is 30.3 Å². The predicted octanol–water partition coefficient (Wildman–Crippen LogP) is 1.69. The molecule has 2 N–H and O–H groups in total. The number of carbonyl (C=O) groups excluding carboxylic acids is 2. The van der Waals surface area contributed by atoms with Crippen molar-refractivity contribution < 1.29 is 14.3 Å². The van der Waals surface area contributed by atoms with Crippen molar-refractivity contribution >= 4 is 17.6 Å². The van der Waals surface area contributed by atoms with Gasteiger partial charge in [0.2, 0.25) is 5.91 Å². The summed E-state index contributed by atoms with van der Waals surface area (Å²) in [5.41, 5.74) is 0.696. The van der Waals surface area contributed by atoms with Crippen LogP contribution in [0.1, 0.15) is 13.8 Å². The van der Waals surface area contributed by atoms with Gasteiger partial charge in [0.25, 0.3) is 0 Å². The summed E-state index contributed by atoms with van der Waals surface area (Å²) in [5.74, 6) is -0.0432. The predicted molar refractivity (Wildman–Crippen MR) is 84.6 cm³/mol. The van der Waals surface area contributed by atoms with Gasteiger partial charge in [0.05, 0.1) is 13.2 Å². The molecule has 0 saturated carbocycles. The van der Waals surface area contributed by atoms with Crippen LogP contribution in [0, 0.1) is 5.92 Å². The topological polar surface area (TPSA) is 70.7 Å². The van der Waals surface area contributed by atoms with Crippen molar-refractivity contribution in [1.29, 1.82) is 0 Å². The van der Waals surface area contributed by atoms with Crippen molar-refractivity contribution in [2.75, 3.05) is 31.6 Å². The number of hydrogen-bond donors (Lipinski definition) is 2. The summed E-state index contributed by atoms with van der Waals surface area (Å²) in [6.07, 6.45) is 0. The van der Waals surface area contributed by atoms with E-state index in [-0.39, 0.29) is 17.9 Å². The fourth-order valence-corrected chi connectivity index (χ4v) is 2.32. The number of urea groups is 1. The Kier molecular flexibility index (Phi) is 5.77. The minimum absolute atomic E-state index is 0.0110. The molecule has 0 radical (unpaired) electrons. The molecule has 120 valence electrons. The maximum Gasteiger partial charge on any atom is 0.319 e. The Bertz CT molecular complexity index is 499. The van der Waals surface area contributed by atoms with E-state index >= 15 is 0 Å². The van der Waals surface area contributed by atoms with Crippen molar-refractivity contribution in [3.8, 4) is 0 Å². The highest BCUT2D eigenvalue weighted by Gasteiger charge is 2.29. The highest BCUT2D eigenvalue weighted by atomic mass is 16.5. The minimum Gasteiger partial charge on any atom is -0.378 e. The van der Waals surface area contributed by atoms with Crippen LogP contribution in [0.5, 0.6) is 0 Å². The van der Waals surface area contributed by atoms with Gasteiger partial charge in [-0.3, -0.25) is 4.79 Å². The van der Waals surface area contributed by atoms with E-state index in [1.165, 1.54) is 0 Å². The molecule has 1 heterocycles. The fourth-order valence-electron chi connectivity index (χ4n) is 2.32. The summed E-state index contributed by atoms with van der Waals surface area (Å²) in [7, 11) is 0. The van der Waals surface area contributed by atoms with Gasteiger partial charge < -0.3 is 20.3 Å². The molecule has 0 aliphatic carbocycles. The van der Waals surface area contributed by atoms with Gasteiger partial charge in [0.15, 0.2) is 0 Å². The summed E-state index contributed by atoms with van der Waals surface area (Å²) < 4.78 is 5.26. The fraction of sp³-hybridized carbons (Fsp3) is 0.500. The van der Waals surface area contributed by atoms with Gasteiger partial charge in [0.1, 0.15) is 6.04 Å². The average Bonchev–Trinajstić information content (AvgIpc) is 2.53. The van der Waals surface area contributed by atoms with E-state index in [1.54, 1.807) is 17.0 Å². The van der Waals surface area contributed by atoms with Crippen molar-refractivity contribution in [2.45, 2.75) is 19.9 Å². The van der Waals surface area contributed by atoms with Crippen LogP contribution in [0.25, 0.3) is 0 Å². The molecule has 1 aliphatic rings. The zero-order chi connectivity index (χ0) is 15.9. The van der Waals surface area contributed by atoms with Crippen LogP contribution in [0.2, 0.25) is 0 Å². The van der Waals surface area contributed by atoms with Crippen LogP contribution in [0.4, 0.5) is 10.5 Å². The van der Waals surface area contributed by atoms with Gasteiger partial charge in [-0.2, -0.15) is 0 Å². The van der Waals surface area contributed by atoms with Gasteiger partial charge in [-0.15, -0.1) is 0 Å². The number of morpholine rings is 1. The molecular formula is C16H23N3O3. The third kappa shape index (κ3) is 4.46. The van der Waals surface area contributed by atoms with Gasteiger partial charge >= 0.3 is 6.03 Å². The van der Waals surface area contributed by atoms with Crippen LogP contribution in [-0.4, -0.2) is 49.2 Å². The molecule has 1 saturated heterocycles. The van der Waals surface area contributed by atoms with E-state index in [2.05, 4.69) is 10.6 Å². The Balaban J connectivity index is 1.95. The molecule has 1 aromatic rings. The SMILES string of the molecule is CC(C)[C@@H](NC(=O)Nc1ccccc1)C(=O)N1CCOCC1. The third-order valence-electron chi connectivity index (χ3n) is 3.57. The number of hydrogen-bond acceptors (Lipinski definition) is 3. The van der Waals surface area contributed by atoms with E-state index in [0.29, 0.717) is 32.0 Å². The van der Waals surface area contributed by atoms with Crippen LogP contribution in [0.3, 0.4) is 0 Å². The van der Waals surface area contributed by atoms with Gasteiger partial charge in [-0.25, -0.2) is 4.79 Å². The molecule has 1 aliphatic heterocycles. The van der Waals surface area contributed by atoms with Crippen LogP contribution in [-0.2, 0) is 9.53 Å². The van der Waals surface area contributed by atoms with Crippen molar-refractivity contribution in [2.24, 2.45) is 5.92 Å². The summed E-state index contributed by atoms with van der Waals surface area (Å²) in [4.78, 5) is 26.4. The molecule has 22 heavy (non-hydrogen) atoms. The maximum atomic E-state index is 12.6. The second kappa shape index (κ2) is 7.79. The van der Waals surface area contributed by atoms with E-state index in [0.717, 1.165) is 0 Å².